The number of anilines is 9. The van der Waals surface area contributed by atoms with Gasteiger partial charge in [0.2, 0.25) is 0 Å². The van der Waals surface area contributed by atoms with Gasteiger partial charge in [-0.3, -0.25) is 0 Å². The van der Waals surface area contributed by atoms with Crippen molar-refractivity contribution in [2.45, 2.75) is 0 Å². The summed E-state index contributed by atoms with van der Waals surface area (Å²) in [6.45, 7) is -0.101. The van der Waals surface area contributed by atoms with E-state index in [1.54, 1.807) is 0 Å². The van der Waals surface area contributed by atoms with E-state index in [1.165, 1.54) is 59.7 Å². The SMILES string of the molecule is c1ccc(N(c2ccccc2)c2ccc3c(c2)N(c2ccccc2)c2cc(-n4c5ccccc5c5c6c(c7ccccc7n6-c6ccccc6)c6c(c7ccccc7n6-c6ccccc6)c54)cc4c2B3c2ccccc2N4c2ccccc2)cc1. The molecule has 0 saturated carbocycles. The molecule has 2 aliphatic rings. The predicted octanol–water partition coefficient (Wildman–Crippen LogP) is 18.5. The van der Waals surface area contributed by atoms with Crippen molar-refractivity contribution < 1.29 is 0 Å². The highest BCUT2D eigenvalue weighted by atomic mass is 15.2. The zero-order valence-corrected chi connectivity index (χ0v) is 46.2. The van der Waals surface area contributed by atoms with Crippen LogP contribution in [-0.4, -0.2) is 20.4 Å². The van der Waals surface area contributed by atoms with Gasteiger partial charge >= 0.3 is 0 Å². The van der Waals surface area contributed by atoms with Crippen LogP contribution in [0.2, 0.25) is 0 Å². The average molecular weight is 1080 g/mol. The van der Waals surface area contributed by atoms with Crippen molar-refractivity contribution >= 4 is 140 Å². The third-order valence-corrected chi connectivity index (χ3v) is 17.9. The molecule has 2 aliphatic heterocycles. The maximum atomic E-state index is 2.62. The lowest BCUT2D eigenvalue weighted by Crippen LogP contribution is -2.61. The largest absolute Gasteiger partial charge is 0.311 e. The molecule has 13 aromatic carbocycles. The third-order valence-electron chi connectivity index (χ3n) is 17.9. The Morgan fingerprint density at radius 1 is 0.247 bits per heavy atom. The van der Waals surface area contributed by atoms with Crippen molar-refractivity contribution in [2.24, 2.45) is 0 Å². The van der Waals surface area contributed by atoms with Gasteiger partial charge in [-0.25, -0.2) is 0 Å². The summed E-state index contributed by atoms with van der Waals surface area (Å²) in [5.41, 5.74) is 24.0. The molecular formula is C78H51BN6. The standard InChI is InChI=1S/C78H51BN6/c1-7-27-52(28-8-1)80(53-29-9-2-10-30-53)58-47-48-64-69(49-58)82(55-33-13-4-14-34-55)71-51-59(50-70-75(71)79(64)63-42-22-26-46-68(63)81(70)54-31-11-3-12-32-54)85-67-45-25-21-41-62(67)74-77-72(60-39-19-23-43-65(60)83(77)56-35-15-5-16-36-56)76-73(78(74)85)61-40-20-24-44-66(61)84(76)57-37-17-6-18-38-57/h1-51H. The molecule has 6 nitrogen and oxygen atoms in total. The Hall–Kier alpha value is -11.3. The highest BCUT2D eigenvalue weighted by molar-refractivity contribution is 7.00. The van der Waals surface area contributed by atoms with E-state index < -0.39 is 0 Å². The summed E-state index contributed by atoms with van der Waals surface area (Å²) >= 11 is 0. The number of fused-ring (bicyclic) bond motifs is 16. The average Bonchev–Trinajstić information content (AvgIpc) is 1.63. The normalized spacial score (nSPS) is 12.6. The first kappa shape index (κ1) is 47.4. The van der Waals surface area contributed by atoms with Gasteiger partial charge in [0.15, 0.2) is 0 Å². The van der Waals surface area contributed by atoms with Gasteiger partial charge in [-0.1, -0.05) is 188 Å². The summed E-state index contributed by atoms with van der Waals surface area (Å²) in [6.07, 6.45) is 0. The Bertz CT molecular complexity index is 5200. The fourth-order valence-corrected chi connectivity index (χ4v) is 14.6. The van der Waals surface area contributed by atoms with Crippen LogP contribution in [0.4, 0.5) is 51.2 Å². The molecule has 0 bridgehead atoms. The van der Waals surface area contributed by atoms with E-state index in [-0.39, 0.29) is 6.71 Å². The number of nitrogens with zero attached hydrogens (tertiary/aromatic N) is 6. The van der Waals surface area contributed by atoms with Gasteiger partial charge in [-0.2, -0.15) is 0 Å². The van der Waals surface area contributed by atoms with Crippen LogP contribution in [-0.2, 0) is 0 Å². The van der Waals surface area contributed by atoms with E-state index in [4.69, 9.17) is 0 Å². The molecule has 0 atom stereocenters. The van der Waals surface area contributed by atoms with E-state index in [2.05, 4.69) is 338 Å². The number of hydrogen-bond acceptors (Lipinski definition) is 3. The second-order valence-electron chi connectivity index (χ2n) is 22.4. The number of aromatic nitrogens is 3. The minimum atomic E-state index is -0.101. The van der Waals surface area contributed by atoms with Gasteiger partial charge in [0.25, 0.3) is 6.71 Å². The van der Waals surface area contributed by atoms with Crippen LogP contribution in [0.25, 0.3) is 82.5 Å². The van der Waals surface area contributed by atoms with Crippen molar-refractivity contribution in [3.05, 3.63) is 309 Å². The molecule has 3 aromatic heterocycles. The topological polar surface area (TPSA) is 24.5 Å². The van der Waals surface area contributed by atoms with Crippen molar-refractivity contribution in [1.29, 1.82) is 0 Å². The zero-order chi connectivity index (χ0) is 55.7. The number of para-hydroxylation sites is 10. The summed E-state index contributed by atoms with van der Waals surface area (Å²) in [5, 5.41) is 7.24. The molecule has 0 N–H and O–H groups in total. The fourth-order valence-electron chi connectivity index (χ4n) is 14.6. The molecule has 396 valence electrons. The Balaban J connectivity index is 1.03. The van der Waals surface area contributed by atoms with Crippen LogP contribution < -0.4 is 31.1 Å². The third kappa shape index (κ3) is 6.89. The van der Waals surface area contributed by atoms with Crippen LogP contribution in [0.1, 0.15) is 0 Å². The molecule has 7 heteroatoms. The van der Waals surface area contributed by atoms with Crippen molar-refractivity contribution in [3.8, 4) is 17.1 Å². The molecule has 16 aromatic rings. The molecule has 18 rings (SSSR count). The summed E-state index contributed by atoms with van der Waals surface area (Å²) < 4.78 is 7.69. The van der Waals surface area contributed by atoms with E-state index >= 15 is 0 Å². The minimum absolute atomic E-state index is 0.101. The van der Waals surface area contributed by atoms with E-state index in [9.17, 15) is 0 Å². The van der Waals surface area contributed by atoms with Gasteiger partial charge in [0.1, 0.15) is 0 Å². The molecule has 0 radical (unpaired) electrons. The van der Waals surface area contributed by atoms with E-state index in [1.807, 2.05) is 0 Å². The lowest BCUT2D eigenvalue weighted by atomic mass is 9.33. The molecule has 0 saturated heterocycles. The van der Waals surface area contributed by atoms with Crippen LogP contribution in [0.5, 0.6) is 0 Å². The van der Waals surface area contributed by atoms with Gasteiger partial charge in [-0.15, -0.1) is 0 Å². The fraction of sp³-hybridized carbons (Fsp3) is 0. The van der Waals surface area contributed by atoms with Crippen LogP contribution in [0.15, 0.2) is 309 Å². The highest BCUT2D eigenvalue weighted by Gasteiger charge is 2.44. The van der Waals surface area contributed by atoms with Gasteiger partial charge in [-0.05, 0) is 138 Å². The van der Waals surface area contributed by atoms with Gasteiger partial charge in [0.05, 0.1) is 38.8 Å². The summed E-state index contributed by atoms with van der Waals surface area (Å²) in [7, 11) is 0. The molecule has 0 spiro atoms. The number of rotatable bonds is 8. The molecule has 5 heterocycles. The summed E-state index contributed by atoms with van der Waals surface area (Å²) in [5.74, 6) is 0. The Labute approximate surface area is 491 Å². The second kappa shape index (κ2) is 18.6. The van der Waals surface area contributed by atoms with E-state index in [0.29, 0.717) is 0 Å². The first-order valence-corrected chi connectivity index (χ1v) is 29.3. The smallest absolute Gasteiger partial charge is 0.252 e. The Kier molecular flexibility index (Phi) is 10.4. The number of benzene rings is 13. The Morgan fingerprint density at radius 3 is 1.06 bits per heavy atom. The monoisotopic (exact) mass is 1080 g/mol. The van der Waals surface area contributed by atoms with Crippen molar-refractivity contribution in [3.63, 3.8) is 0 Å². The minimum Gasteiger partial charge on any atom is -0.311 e. The molecule has 0 amide bonds. The lowest BCUT2D eigenvalue weighted by molar-refractivity contribution is 1.16. The summed E-state index contributed by atoms with van der Waals surface area (Å²) in [4.78, 5) is 7.47. The second-order valence-corrected chi connectivity index (χ2v) is 22.4. The molecular weight excluding hydrogens is 1030 g/mol. The van der Waals surface area contributed by atoms with Gasteiger partial charge < -0.3 is 28.4 Å². The van der Waals surface area contributed by atoms with Crippen LogP contribution in [0.3, 0.4) is 0 Å². The highest BCUT2D eigenvalue weighted by Crippen LogP contribution is 2.53. The molecule has 0 unspecified atom stereocenters. The zero-order valence-electron chi connectivity index (χ0n) is 46.2. The Morgan fingerprint density at radius 2 is 0.600 bits per heavy atom. The van der Waals surface area contributed by atoms with Crippen molar-refractivity contribution in [1.82, 2.24) is 13.7 Å². The lowest BCUT2D eigenvalue weighted by Gasteiger charge is -2.44. The van der Waals surface area contributed by atoms with Crippen LogP contribution in [0, 0.1) is 0 Å². The maximum absolute atomic E-state index is 2.62. The van der Waals surface area contributed by atoms with E-state index in [0.717, 1.165) is 90.3 Å². The first-order valence-electron chi connectivity index (χ1n) is 29.3. The first-order chi connectivity index (χ1) is 42.3. The van der Waals surface area contributed by atoms with Crippen molar-refractivity contribution in [2.75, 3.05) is 14.7 Å². The quantitative estimate of drug-likeness (QED) is 0.142. The maximum Gasteiger partial charge on any atom is 0.252 e. The van der Waals surface area contributed by atoms with Crippen LogP contribution >= 0.6 is 0 Å². The molecule has 0 fully saturated rings. The van der Waals surface area contributed by atoms with Gasteiger partial charge in [0, 0.05) is 94.9 Å². The number of hydrogen-bond donors (Lipinski definition) is 0. The molecule has 0 aliphatic carbocycles. The molecule has 85 heavy (non-hydrogen) atoms. The predicted molar refractivity (Wildman–Crippen MR) is 358 cm³/mol. The summed E-state index contributed by atoms with van der Waals surface area (Å²) in [6, 6.07) is 114.